The smallest absolute Gasteiger partial charge is 0.237 e. The van der Waals surface area contributed by atoms with E-state index in [9.17, 15) is 18.4 Å². The first kappa shape index (κ1) is 15.6. The lowest BCUT2D eigenvalue weighted by molar-refractivity contribution is -0.122. The minimum absolute atomic E-state index is 0.0117. The summed E-state index contributed by atoms with van der Waals surface area (Å²) in [5.41, 5.74) is 0.611. The van der Waals surface area contributed by atoms with Crippen molar-refractivity contribution in [3.05, 3.63) is 64.7 Å². The predicted octanol–water partition coefficient (Wildman–Crippen LogP) is 3.74. The lowest BCUT2D eigenvalue weighted by atomic mass is 9.97. The number of hydrogen-bond donors (Lipinski definition) is 0. The predicted molar refractivity (Wildman–Crippen MR) is 82.1 cm³/mol. The highest BCUT2D eigenvalue weighted by molar-refractivity contribution is 6.31. The number of carbonyl (C=O) groups is 2. The fourth-order valence-electron chi connectivity index (χ4n) is 2.69. The fourth-order valence-corrected chi connectivity index (χ4v) is 2.88. The van der Waals surface area contributed by atoms with Crippen molar-refractivity contribution in [2.75, 3.05) is 4.90 Å². The van der Waals surface area contributed by atoms with E-state index in [1.165, 1.54) is 12.1 Å². The molecule has 0 spiro atoms. The van der Waals surface area contributed by atoms with Gasteiger partial charge < -0.3 is 0 Å². The molecule has 1 atom stereocenters. The van der Waals surface area contributed by atoms with Crippen LogP contribution in [0.5, 0.6) is 0 Å². The molecule has 0 radical (unpaired) electrons. The van der Waals surface area contributed by atoms with E-state index >= 15 is 0 Å². The number of amides is 2. The van der Waals surface area contributed by atoms with Gasteiger partial charge in [0.15, 0.2) is 0 Å². The normalized spacial score (nSPS) is 17.9. The van der Waals surface area contributed by atoms with Gasteiger partial charge in [-0.2, -0.15) is 0 Å². The number of hydrogen-bond acceptors (Lipinski definition) is 2. The van der Waals surface area contributed by atoms with Gasteiger partial charge in [0.1, 0.15) is 11.6 Å². The molecule has 6 heteroatoms. The van der Waals surface area contributed by atoms with Gasteiger partial charge in [0, 0.05) is 17.5 Å². The van der Waals surface area contributed by atoms with Crippen LogP contribution in [0, 0.1) is 17.6 Å². The Bertz CT molecular complexity index is 794. The van der Waals surface area contributed by atoms with Crippen LogP contribution in [0.1, 0.15) is 12.0 Å². The Hall–Kier alpha value is -2.27. The summed E-state index contributed by atoms with van der Waals surface area (Å²) >= 11 is 5.89. The molecule has 1 unspecified atom stereocenters. The molecule has 1 fully saturated rings. The quantitative estimate of drug-likeness (QED) is 0.801. The molecule has 0 saturated carbocycles. The molecule has 0 aliphatic carbocycles. The van der Waals surface area contributed by atoms with Crippen LogP contribution in [-0.2, 0) is 16.0 Å². The third-order valence-corrected chi connectivity index (χ3v) is 4.02. The summed E-state index contributed by atoms with van der Waals surface area (Å²) in [5, 5.41) is 0.413. The van der Waals surface area contributed by atoms with Crippen molar-refractivity contribution in [2.45, 2.75) is 12.8 Å². The second-order valence-electron chi connectivity index (χ2n) is 5.39. The van der Waals surface area contributed by atoms with Crippen LogP contribution in [0.4, 0.5) is 14.5 Å². The Kier molecular flexibility index (Phi) is 4.13. The first-order valence-corrected chi connectivity index (χ1v) is 7.40. The van der Waals surface area contributed by atoms with E-state index in [1.54, 1.807) is 18.2 Å². The third kappa shape index (κ3) is 3.10. The maximum atomic E-state index is 13.7. The zero-order chi connectivity index (χ0) is 16.6. The lowest BCUT2D eigenvalue weighted by Crippen LogP contribution is -2.30. The molecule has 0 N–H and O–H groups in total. The Labute approximate surface area is 136 Å². The monoisotopic (exact) mass is 335 g/mol. The van der Waals surface area contributed by atoms with E-state index in [4.69, 9.17) is 11.6 Å². The van der Waals surface area contributed by atoms with Crippen LogP contribution < -0.4 is 4.90 Å². The van der Waals surface area contributed by atoms with E-state index in [-0.39, 0.29) is 24.3 Å². The Morgan fingerprint density at radius 2 is 1.91 bits per heavy atom. The Morgan fingerprint density at radius 3 is 2.61 bits per heavy atom. The van der Waals surface area contributed by atoms with Crippen molar-refractivity contribution in [3.63, 3.8) is 0 Å². The van der Waals surface area contributed by atoms with Gasteiger partial charge in [-0.15, -0.1) is 0 Å². The summed E-state index contributed by atoms with van der Waals surface area (Å²) in [6.45, 7) is 0. The lowest BCUT2D eigenvalue weighted by Gasteiger charge is -2.15. The Balaban J connectivity index is 1.84. The molecule has 1 saturated heterocycles. The molecular weight excluding hydrogens is 324 g/mol. The summed E-state index contributed by atoms with van der Waals surface area (Å²) in [6, 6.07) is 9.62. The number of rotatable bonds is 3. The van der Waals surface area contributed by atoms with Gasteiger partial charge >= 0.3 is 0 Å². The topological polar surface area (TPSA) is 37.4 Å². The SMILES string of the molecule is O=C1CC(Cc2ccc(F)cc2F)C(=O)N1c1cccc(Cl)c1. The number of benzene rings is 2. The van der Waals surface area contributed by atoms with Crippen LogP contribution >= 0.6 is 11.6 Å². The van der Waals surface area contributed by atoms with Crippen LogP contribution in [0.3, 0.4) is 0 Å². The van der Waals surface area contributed by atoms with Crippen LogP contribution in [-0.4, -0.2) is 11.8 Å². The average Bonchev–Trinajstić information content (AvgIpc) is 2.76. The van der Waals surface area contributed by atoms with Crippen molar-refractivity contribution in [1.82, 2.24) is 0 Å². The van der Waals surface area contributed by atoms with E-state index in [1.807, 2.05) is 0 Å². The largest absolute Gasteiger partial charge is 0.274 e. The molecule has 3 nitrogen and oxygen atoms in total. The van der Waals surface area contributed by atoms with Crippen molar-refractivity contribution in [1.29, 1.82) is 0 Å². The number of anilines is 1. The first-order valence-electron chi connectivity index (χ1n) is 7.02. The number of halogens is 3. The van der Waals surface area contributed by atoms with Crippen LogP contribution in [0.25, 0.3) is 0 Å². The van der Waals surface area contributed by atoms with Crippen molar-refractivity contribution in [2.24, 2.45) is 5.92 Å². The van der Waals surface area contributed by atoms with E-state index in [0.29, 0.717) is 10.7 Å². The van der Waals surface area contributed by atoms with Crippen molar-refractivity contribution < 1.29 is 18.4 Å². The van der Waals surface area contributed by atoms with Crippen LogP contribution in [0.15, 0.2) is 42.5 Å². The summed E-state index contributed by atoms with van der Waals surface area (Å²) in [4.78, 5) is 25.7. The molecule has 2 aromatic carbocycles. The number of carbonyl (C=O) groups excluding carboxylic acids is 2. The second kappa shape index (κ2) is 6.08. The van der Waals surface area contributed by atoms with Gasteiger partial charge in [0.25, 0.3) is 0 Å². The highest BCUT2D eigenvalue weighted by Crippen LogP contribution is 2.30. The maximum Gasteiger partial charge on any atom is 0.237 e. The molecule has 0 aromatic heterocycles. The molecule has 23 heavy (non-hydrogen) atoms. The number of imide groups is 1. The summed E-state index contributed by atoms with van der Waals surface area (Å²) in [6.07, 6.45) is 0.0376. The summed E-state index contributed by atoms with van der Waals surface area (Å²) in [7, 11) is 0. The highest BCUT2D eigenvalue weighted by atomic mass is 35.5. The zero-order valence-electron chi connectivity index (χ0n) is 11.9. The molecule has 2 aromatic rings. The standard InChI is InChI=1S/C17H12ClF2NO2/c18-12-2-1-3-14(8-12)21-16(22)7-11(17(21)23)6-10-4-5-13(19)9-15(10)20/h1-5,8-9,11H,6-7H2. The van der Waals surface area contributed by atoms with Gasteiger partial charge in [0.05, 0.1) is 11.6 Å². The molecule has 1 aliphatic rings. The minimum atomic E-state index is -0.716. The average molecular weight is 336 g/mol. The van der Waals surface area contributed by atoms with E-state index < -0.39 is 23.5 Å². The summed E-state index contributed by atoms with van der Waals surface area (Å²) < 4.78 is 26.7. The molecular formula is C17H12ClF2NO2. The van der Waals surface area contributed by atoms with Crippen molar-refractivity contribution >= 4 is 29.1 Å². The first-order chi connectivity index (χ1) is 11.0. The molecule has 3 rings (SSSR count). The van der Waals surface area contributed by atoms with E-state index in [2.05, 4.69) is 0 Å². The zero-order valence-corrected chi connectivity index (χ0v) is 12.7. The second-order valence-corrected chi connectivity index (χ2v) is 5.82. The maximum absolute atomic E-state index is 13.7. The molecule has 0 bridgehead atoms. The highest BCUT2D eigenvalue weighted by Gasteiger charge is 2.39. The minimum Gasteiger partial charge on any atom is -0.274 e. The van der Waals surface area contributed by atoms with Gasteiger partial charge in [-0.3, -0.25) is 14.5 Å². The van der Waals surface area contributed by atoms with Gasteiger partial charge in [-0.25, -0.2) is 8.78 Å². The van der Waals surface area contributed by atoms with Gasteiger partial charge in [-0.1, -0.05) is 23.7 Å². The van der Waals surface area contributed by atoms with E-state index in [0.717, 1.165) is 17.0 Å². The van der Waals surface area contributed by atoms with Gasteiger partial charge in [-0.05, 0) is 36.2 Å². The number of nitrogens with zero attached hydrogens (tertiary/aromatic N) is 1. The summed E-state index contributed by atoms with van der Waals surface area (Å²) in [5.74, 6) is -2.82. The van der Waals surface area contributed by atoms with Crippen LogP contribution in [0.2, 0.25) is 5.02 Å². The Morgan fingerprint density at radius 1 is 1.13 bits per heavy atom. The molecule has 2 amide bonds. The van der Waals surface area contributed by atoms with Gasteiger partial charge in [0.2, 0.25) is 11.8 Å². The third-order valence-electron chi connectivity index (χ3n) is 3.79. The molecule has 1 heterocycles. The fraction of sp³-hybridized carbons (Fsp3) is 0.176. The molecule has 118 valence electrons. The molecule has 1 aliphatic heterocycles. The van der Waals surface area contributed by atoms with Crippen molar-refractivity contribution in [3.8, 4) is 0 Å².